The van der Waals surface area contributed by atoms with Gasteiger partial charge in [-0.2, -0.15) is 0 Å². The minimum Gasteiger partial charge on any atom is -0.351 e. The fourth-order valence-corrected chi connectivity index (χ4v) is 1.68. The van der Waals surface area contributed by atoms with E-state index in [1.54, 1.807) is 12.1 Å². The first-order valence-corrected chi connectivity index (χ1v) is 6.87. The monoisotopic (exact) mass is 256 g/mol. The van der Waals surface area contributed by atoms with Gasteiger partial charge in [0.05, 0.1) is 5.75 Å². The van der Waals surface area contributed by atoms with Crippen LogP contribution in [0.25, 0.3) is 0 Å². The minimum atomic E-state index is -3.53. The Kier molecular flexibility index (Phi) is 4.25. The molecule has 0 saturated heterocycles. The predicted molar refractivity (Wildman–Crippen MR) is 66.2 cm³/mol. The molecule has 0 aliphatic rings. The largest absolute Gasteiger partial charge is 0.351 e. The summed E-state index contributed by atoms with van der Waals surface area (Å²) in [5.74, 6) is -0.555. The zero-order chi connectivity index (χ0) is 13.1. The van der Waals surface area contributed by atoms with Gasteiger partial charge in [-0.05, 0) is 37.1 Å². The number of sulfonamides is 1. The molecule has 0 aromatic heterocycles. The van der Waals surface area contributed by atoms with Crippen molar-refractivity contribution in [2.24, 2.45) is 5.14 Å². The summed E-state index contributed by atoms with van der Waals surface area (Å²) in [5.41, 5.74) is 2.64. The Bertz CT molecular complexity index is 524. The molecule has 1 aromatic carbocycles. The molecule has 0 fully saturated rings. The van der Waals surface area contributed by atoms with Crippen LogP contribution in [0, 0.1) is 13.8 Å². The van der Waals surface area contributed by atoms with Gasteiger partial charge in [0, 0.05) is 12.1 Å². The van der Waals surface area contributed by atoms with Crippen LogP contribution in [0.5, 0.6) is 0 Å². The molecule has 0 radical (unpaired) electrons. The van der Waals surface area contributed by atoms with Crippen molar-refractivity contribution >= 4 is 15.9 Å². The van der Waals surface area contributed by atoms with Crippen molar-refractivity contribution in [3.8, 4) is 0 Å². The first-order valence-electron chi connectivity index (χ1n) is 5.15. The lowest BCUT2D eigenvalue weighted by Crippen LogP contribution is -2.31. The van der Waals surface area contributed by atoms with Crippen LogP contribution in [0.2, 0.25) is 0 Å². The maximum absolute atomic E-state index is 11.6. The topological polar surface area (TPSA) is 89.3 Å². The number of primary sulfonamides is 1. The molecule has 0 atom stereocenters. The third-order valence-electron chi connectivity index (χ3n) is 2.44. The van der Waals surface area contributed by atoms with Gasteiger partial charge in [-0.1, -0.05) is 6.07 Å². The first kappa shape index (κ1) is 13.7. The van der Waals surface area contributed by atoms with Gasteiger partial charge in [-0.3, -0.25) is 4.79 Å². The number of nitrogens with one attached hydrogen (secondary N) is 1. The second-order valence-electron chi connectivity index (χ2n) is 3.92. The Labute approximate surface area is 101 Å². The lowest BCUT2D eigenvalue weighted by Gasteiger charge is -2.06. The minimum absolute atomic E-state index is 0.0184. The molecule has 0 saturated carbocycles. The van der Waals surface area contributed by atoms with Crippen molar-refractivity contribution in [2.45, 2.75) is 13.8 Å². The molecule has 0 unspecified atom stereocenters. The van der Waals surface area contributed by atoms with Crippen molar-refractivity contribution in [1.82, 2.24) is 5.32 Å². The Morgan fingerprint density at radius 2 is 1.94 bits per heavy atom. The predicted octanol–water partition coefficient (Wildman–Crippen LogP) is 0.322. The van der Waals surface area contributed by atoms with Crippen molar-refractivity contribution in [2.75, 3.05) is 12.3 Å². The van der Waals surface area contributed by atoms with E-state index >= 15 is 0 Å². The molecule has 0 aliphatic heterocycles. The highest BCUT2D eigenvalue weighted by molar-refractivity contribution is 7.89. The summed E-state index contributed by atoms with van der Waals surface area (Å²) in [4.78, 5) is 11.6. The zero-order valence-electron chi connectivity index (χ0n) is 9.86. The van der Waals surface area contributed by atoms with Crippen molar-refractivity contribution in [1.29, 1.82) is 0 Å². The highest BCUT2D eigenvalue weighted by Gasteiger charge is 2.08. The van der Waals surface area contributed by atoms with E-state index in [1.165, 1.54) is 0 Å². The Morgan fingerprint density at radius 3 is 2.47 bits per heavy atom. The number of aryl methyl sites for hydroxylation is 2. The number of benzene rings is 1. The normalized spacial score (nSPS) is 11.2. The molecular weight excluding hydrogens is 240 g/mol. The number of carbonyl (C=O) groups is 1. The molecule has 1 rings (SSSR count). The van der Waals surface area contributed by atoms with Crippen molar-refractivity contribution < 1.29 is 13.2 Å². The van der Waals surface area contributed by atoms with Crippen LogP contribution in [0.4, 0.5) is 0 Å². The molecule has 0 spiro atoms. The lowest BCUT2D eigenvalue weighted by molar-refractivity contribution is 0.0956. The van der Waals surface area contributed by atoms with E-state index < -0.39 is 10.0 Å². The maximum atomic E-state index is 11.6. The van der Waals surface area contributed by atoms with Crippen LogP contribution in [-0.2, 0) is 10.0 Å². The van der Waals surface area contributed by atoms with E-state index in [-0.39, 0.29) is 18.2 Å². The maximum Gasteiger partial charge on any atom is 0.251 e. The van der Waals surface area contributed by atoms with E-state index in [0.717, 1.165) is 11.1 Å². The van der Waals surface area contributed by atoms with Gasteiger partial charge in [-0.15, -0.1) is 0 Å². The average molecular weight is 256 g/mol. The van der Waals surface area contributed by atoms with Gasteiger partial charge < -0.3 is 5.32 Å². The van der Waals surface area contributed by atoms with Crippen LogP contribution in [0.15, 0.2) is 18.2 Å². The van der Waals surface area contributed by atoms with Gasteiger partial charge in [0.2, 0.25) is 10.0 Å². The summed E-state index contributed by atoms with van der Waals surface area (Å²) in [5, 5.41) is 7.33. The second kappa shape index (κ2) is 5.29. The highest BCUT2D eigenvalue weighted by atomic mass is 32.2. The number of nitrogens with two attached hydrogens (primary N) is 1. The summed E-state index contributed by atoms with van der Waals surface area (Å²) < 4.78 is 21.3. The van der Waals surface area contributed by atoms with Crippen molar-refractivity contribution in [3.63, 3.8) is 0 Å². The van der Waals surface area contributed by atoms with Gasteiger partial charge in [-0.25, -0.2) is 13.6 Å². The molecular formula is C11H16N2O3S. The Morgan fingerprint density at radius 1 is 1.29 bits per heavy atom. The fourth-order valence-electron chi connectivity index (χ4n) is 1.29. The summed E-state index contributed by atoms with van der Waals surface area (Å²) in [6.07, 6.45) is 0. The summed E-state index contributed by atoms with van der Waals surface area (Å²) in [7, 11) is -3.53. The first-order chi connectivity index (χ1) is 7.79. The van der Waals surface area contributed by atoms with E-state index in [0.29, 0.717) is 5.56 Å². The SMILES string of the molecule is Cc1ccc(C(=O)NCCS(N)(=O)=O)cc1C. The molecule has 1 aromatic rings. The lowest BCUT2D eigenvalue weighted by atomic mass is 10.1. The van der Waals surface area contributed by atoms with Gasteiger partial charge in [0.25, 0.3) is 5.91 Å². The van der Waals surface area contributed by atoms with E-state index in [2.05, 4.69) is 5.32 Å². The highest BCUT2D eigenvalue weighted by Crippen LogP contribution is 2.09. The van der Waals surface area contributed by atoms with E-state index in [9.17, 15) is 13.2 Å². The second-order valence-corrected chi connectivity index (χ2v) is 5.66. The van der Waals surface area contributed by atoms with Crippen LogP contribution >= 0.6 is 0 Å². The van der Waals surface area contributed by atoms with E-state index in [1.807, 2.05) is 19.9 Å². The quantitative estimate of drug-likeness (QED) is 0.813. The molecule has 0 aliphatic carbocycles. The molecule has 3 N–H and O–H groups in total. The summed E-state index contributed by atoms with van der Waals surface area (Å²) >= 11 is 0. The average Bonchev–Trinajstić information content (AvgIpc) is 2.20. The number of hydrogen-bond donors (Lipinski definition) is 2. The standard InChI is InChI=1S/C11H16N2O3S/c1-8-3-4-10(7-9(8)2)11(14)13-5-6-17(12,15)16/h3-4,7H,5-6H2,1-2H3,(H,13,14)(H2,12,15,16). The molecule has 17 heavy (non-hydrogen) atoms. The van der Waals surface area contributed by atoms with Crippen LogP contribution in [-0.4, -0.2) is 26.6 Å². The van der Waals surface area contributed by atoms with Crippen LogP contribution in [0.3, 0.4) is 0 Å². The van der Waals surface area contributed by atoms with Crippen LogP contribution in [0.1, 0.15) is 21.5 Å². The molecule has 0 bridgehead atoms. The molecule has 6 heteroatoms. The van der Waals surface area contributed by atoms with Gasteiger partial charge >= 0.3 is 0 Å². The van der Waals surface area contributed by atoms with Crippen molar-refractivity contribution in [3.05, 3.63) is 34.9 Å². The molecule has 5 nitrogen and oxygen atoms in total. The van der Waals surface area contributed by atoms with Gasteiger partial charge in [0.15, 0.2) is 0 Å². The number of carbonyl (C=O) groups excluding carboxylic acids is 1. The smallest absolute Gasteiger partial charge is 0.251 e. The Balaban J connectivity index is 2.61. The third kappa shape index (κ3) is 4.54. The van der Waals surface area contributed by atoms with E-state index in [4.69, 9.17) is 5.14 Å². The third-order valence-corrected chi connectivity index (χ3v) is 3.21. The molecule has 0 heterocycles. The zero-order valence-corrected chi connectivity index (χ0v) is 10.7. The summed E-state index contributed by atoms with van der Waals surface area (Å²) in [6.45, 7) is 3.89. The number of rotatable bonds is 4. The summed E-state index contributed by atoms with van der Waals surface area (Å²) in [6, 6.07) is 5.32. The van der Waals surface area contributed by atoms with Crippen LogP contribution < -0.4 is 10.5 Å². The fraction of sp³-hybridized carbons (Fsp3) is 0.364. The Hall–Kier alpha value is -1.40. The number of hydrogen-bond acceptors (Lipinski definition) is 3. The molecule has 94 valence electrons. The molecule has 1 amide bonds. The van der Waals surface area contributed by atoms with Gasteiger partial charge in [0.1, 0.15) is 0 Å². The number of amides is 1.